The molecule has 0 bridgehead atoms. The molecule has 8 aromatic carbocycles. The second kappa shape index (κ2) is 15.8. The fourth-order valence-electron chi connectivity index (χ4n) is 7.06. The molecule has 0 unspecified atom stereocenters. The summed E-state index contributed by atoms with van der Waals surface area (Å²) in [5.41, 5.74) is 10.9. The third-order valence-electron chi connectivity index (χ3n) is 9.70. The van der Waals surface area contributed by atoms with Crippen molar-refractivity contribution in [3.63, 3.8) is 0 Å². The standard InChI is InChI=1S/C25H19.C22H25.2ClH.Zr/c1-16-7-11-22-19(13-16)8-9-20-14-17(2)15-24(25(20)22)23-12-10-18-5-3-4-6-21(18)23;1-15(2)18-13-17-7-6-8-20(21(17)14-18)16-9-11-19(12-10-16)22(3,4)5;;;/h3-15H,1-2H3;6-15H,1-5H3;2*1H;/q2*-1;;;+4/p-2. The minimum atomic E-state index is 0. The molecule has 250 valence electrons. The van der Waals surface area contributed by atoms with Crippen molar-refractivity contribution >= 4 is 43.1 Å². The number of fused-ring (bicyclic) bond motifs is 5. The first kappa shape index (κ1) is 39.3. The molecule has 0 aliphatic carbocycles. The summed E-state index contributed by atoms with van der Waals surface area (Å²) in [5.74, 6) is 0.573. The van der Waals surface area contributed by atoms with Crippen LogP contribution in [0.3, 0.4) is 0 Å². The van der Waals surface area contributed by atoms with Gasteiger partial charge in [-0.1, -0.05) is 164 Å². The van der Waals surface area contributed by atoms with Crippen LogP contribution in [0.4, 0.5) is 0 Å². The minimum Gasteiger partial charge on any atom is -1.00 e. The van der Waals surface area contributed by atoms with Crippen molar-refractivity contribution in [2.45, 2.75) is 59.8 Å². The molecular weight excluding hydrogens is 727 g/mol. The molecule has 0 aromatic heterocycles. The van der Waals surface area contributed by atoms with Crippen LogP contribution in [0.1, 0.15) is 62.8 Å². The van der Waals surface area contributed by atoms with Gasteiger partial charge in [-0.25, -0.2) is 0 Å². The van der Waals surface area contributed by atoms with Crippen LogP contribution >= 0.6 is 0 Å². The van der Waals surface area contributed by atoms with Crippen LogP contribution < -0.4 is 24.8 Å². The van der Waals surface area contributed by atoms with Crippen LogP contribution in [0, 0.1) is 13.8 Å². The Morgan fingerprint density at radius 2 is 1.32 bits per heavy atom. The summed E-state index contributed by atoms with van der Waals surface area (Å²) < 4.78 is 0. The van der Waals surface area contributed by atoms with E-state index in [0.717, 1.165) is 0 Å². The van der Waals surface area contributed by atoms with E-state index in [9.17, 15) is 0 Å². The van der Waals surface area contributed by atoms with Crippen LogP contribution in [0.2, 0.25) is 0 Å². The minimum absolute atomic E-state index is 0. The molecule has 0 aliphatic rings. The number of rotatable bonds is 3. The third kappa shape index (κ3) is 7.72. The van der Waals surface area contributed by atoms with Gasteiger partial charge in [0.1, 0.15) is 0 Å². The summed E-state index contributed by atoms with van der Waals surface area (Å²) in [6, 6.07) is 49.4. The molecule has 0 aliphatic heterocycles. The zero-order valence-corrected chi connectivity index (χ0v) is 34.0. The molecule has 0 saturated carbocycles. The second-order valence-corrected chi connectivity index (χ2v) is 14.6. The Hall–Kier alpha value is -3.48. The SMILES string of the molecule is CC(C)c1cc2c(-c3ccc(C(C)(C)C)cc3)cccc2[cH-]1.Cc1ccc2c(ccc3cc(C)cc(-[c-]4ccc5ccccc54)c32)c1.[Cl-].[Cl-].[Zr+4]. The summed E-state index contributed by atoms with van der Waals surface area (Å²) >= 11 is 0. The topological polar surface area (TPSA) is 0 Å². The fraction of sp³-hybridized carbons (Fsp3) is 0.191. The van der Waals surface area contributed by atoms with Crippen LogP contribution in [0.15, 0.2) is 133 Å². The van der Waals surface area contributed by atoms with E-state index in [1.165, 1.54) is 87.6 Å². The molecule has 0 N–H and O–H groups in total. The predicted molar refractivity (Wildman–Crippen MR) is 207 cm³/mol. The van der Waals surface area contributed by atoms with E-state index in [1.54, 1.807) is 0 Å². The van der Waals surface area contributed by atoms with Crippen LogP contribution in [0.5, 0.6) is 0 Å². The Morgan fingerprint density at radius 3 is 2.04 bits per heavy atom. The van der Waals surface area contributed by atoms with Crippen molar-refractivity contribution in [3.8, 4) is 22.3 Å². The first-order valence-corrected chi connectivity index (χ1v) is 17.0. The number of aryl methyl sites for hydroxylation is 2. The normalized spacial score (nSPS) is 11.2. The van der Waals surface area contributed by atoms with Crippen molar-refractivity contribution < 1.29 is 51.0 Å². The van der Waals surface area contributed by atoms with E-state index in [1.807, 2.05) is 0 Å². The van der Waals surface area contributed by atoms with Gasteiger partial charge < -0.3 is 24.8 Å². The van der Waals surface area contributed by atoms with Gasteiger partial charge in [0.2, 0.25) is 0 Å². The van der Waals surface area contributed by atoms with Crippen molar-refractivity contribution in [1.82, 2.24) is 0 Å². The van der Waals surface area contributed by atoms with Gasteiger partial charge in [-0.3, -0.25) is 0 Å². The Bertz CT molecular complexity index is 2380. The Balaban J connectivity index is 0.000000214. The maximum atomic E-state index is 2.35. The Labute approximate surface area is 329 Å². The van der Waals surface area contributed by atoms with E-state index >= 15 is 0 Å². The van der Waals surface area contributed by atoms with Gasteiger partial charge in [0.15, 0.2) is 0 Å². The summed E-state index contributed by atoms with van der Waals surface area (Å²) in [6.07, 6.45) is 0. The van der Waals surface area contributed by atoms with Gasteiger partial charge in [0, 0.05) is 0 Å². The van der Waals surface area contributed by atoms with E-state index < -0.39 is 0 Å². The predicted octanol–water partition coefficient (Wildman–Crippen LogP) is 7.80. The zero-order valence-electron chi connectivity index (χ0n) is 30.0. The molecule has 0 saturated heterocycles. The molecular formula is C47H44Cl2Zr. The molecule has 3 heteroatoms. The van der Waals surface area contributed by atoms with Crippen molar-refractivity contribution in [2.75, 3.05) is 0 Å². The maximum absolute atomic E-state index is 2.35. The molecule has 0 atom stereocenters. The van der Waals surface area contributed by atoms with Gasteiger partial charge in [0.05, 0.1) is 0 Å². The number of halogens is 2. The summed E-state index contributed by atoms with van der Waals surface area (Å²) in [4.78, 5) is 0. The fourth-order valence-corrected chi connectivity index (χ4v) is 7.06. The first-order valence-electron chi connectivity index (χ1n) is 17.0. The molecule has 0 heterocycles. The average Bonchev–Trinajstić information content (AvgIpc) is 3.69. The zero-order chi connectivity index (χ0) is 32.9. The van der Waals surface area contributed by atoms with E-state index in [0.29, 0.717) is 5.92 Å². The average molecular weight is 771 g/mol. The summed E-state index contributed by atoms with van der Waals surface area (Å²) in [6.45, 7) is 15.6. The Morgan fingerprint density at radius 1 is 0.620 bits per heavy atom. The third-order valence-corrected chi connectivity index (χ3v) is 9.70. The van der Waals surface area contributed by atoms with Crippen molar-refractivity contribution in [3.05, 3.63) is 156 Å². The van der Waals surface area contributed by atoms with Crippen LogP contribution in [0.25, 0.3) is 65.3 Å². The molecule has 0 radical (unpaired) electrons. The van der Waals surface area contributed by atoms with E-state index in [2.05, 4.69) is 182 Å². The van der Waals surface area contributed by atoms with E-state index in [-0.39, 0.29) is 56.4 Å². The maximum Gasteiger partial charge on any atom is 4.00 e. The van der Waals surface area contributed by atoms with Crippen molar-refractivity contribution in [1.29, 1.82) is 0 Å². The van der Waals surface area contributed by atoms with E-state index in [4.69, 9.17) is 0 Å². The Kier molecular flexibility index (Phi) is 12.4. The molecule has 0 spiro atoms. The molecule has 0 amide bonds. The smallest absolute Gasteiger partial charge is 1.00 e. The summed E-state index contributed by atoms with van der Waals surface area (Å²) in [5, 5.41) is 10.7. The molecule has 0 nitrogen and oxygen atoms in total. The number of benzene rings is 6. The molecule has 0 fully saturated rings. The molecule has 50 heavy (non-hydrogen) atoms. The molecule has 8 rings (SSSR count). The molecule has 8 aromatic rings. The van der Waals surface area contributed by atoms with Gasteiger partial charge in [-0.2, -0.15) is 6.07 Å². The van der Waals surface area contributed by atoms with Gasteiger partial charge in [0.25, 0.3) is 0 Å². The summed E-state index contributed by atoms with van der Waals surface area (Å²) in [7, 11) is 0. The quantitative estimate of drug-likeness (QED) is 0.127. The van der Waals surface area contributed by atoms with Gasteiger partial charge in [-0.15, -0.1) is 58.8 Å². The van der Waals surface area contributed by atoms with Crippen LogP contribution in [-0.2, 0) is 31.6 Å². The van der Waals surface area contributed by atoms with Gasteiger partial charge >= 0.3 is 26.2 Å². The number of hydrogen-bond donors (Lipinski definition) is 0. The second-order valence-electron chi connectivity index (χ2n) is 14.6. The van der Waals surface area contributed by atoms with Gasteiger partial charge in [-0.05, 0) is 52.5 Å². The monoisotopic (exact) mass is 768 g/mol. The largest absolute Gasteiger partial charge is 4.00 e. The first-order chi connectivity index (χ1) is 22.6. The van der Waals surface area contributed by atoms with Crippen LogP contribution in [-0.4, -0.2) is 0 Å². The van der Waals surface area contributed by atoms with Crippen molar-refractivity contribution in [2.24, 2.45) is 0 Å². The number of hydrogen-bond acceptors (Lipinski definition) is 0.